The SMILES string of the molecule is Cl.N[C@H](c1c(O)c(Br)cc(F)c1F)C1CCC1. The predicted molar refractivity (Wildman–Crippen MR) is 67.2 cm³/mol. The molecule has 17 heavy (non-hydrogen) atoms. The molecule has 0 aliphatic heterocycles. The highest BCUT2D eigenvalue weighted by molar-refractivity contribution is 9.10. The molecule has 1 aliphatic rings. The second-order valence-corrected chi connectivity index (χ2v) is 4.99. The fraction of sp³-hybridized carbons (Fsp3) is 0.455. The predicted octanol–water partition coefficient (Wildman–Crippen LogP) is 3.65. The molecule has 1 aromatic rings. The van der Waals surface area contributed by atoms with Crippen molar-refractivity contribution in [1.29, 1.82) is 0 Å². The van der Waals surface area contributed by atoms with Gasteiger partial charge >= 0.3 is 0 Å². The van der Waals surface area contributed by atoms with Gasteiger partial charge < -0.3 is 10.8 Å². The second kappa shape index (κ2) is 5.50. The summed E-state index contributed by atoms with van der Waals surface area (Å²) in [5, 5.41) is 9.71. The lowest BCUT2D eigenvalue weighted by Crippen LogP contribution is -2.28. The summed E-state index contributed by atoms with van der Waals surface area (Å²) in [6.45, 7) is 0. The molecule has 1 saturated carbocycles. The van der Waals surface area contributed by atoms with E-state index >= 15 is 0 Å². The zero-order chi connectivity index (χ0) is 11.9. The summed E-state index contributed by atoms with van der Waals surface area (Å²) in [6.07, 6.45) is 2.85. The van der Waals surface area contributed by atoms with Crippen molar-refractivity contribution in [3.63, 3.8) is 0 Å². The van der Waals surface area contributed by atoms with Gasteiger partial charge in [-0.2, -0.15) is 0 Å². The zero-order valence-electron chi connectivity index (χ0n) is 8.92. The van der Waals surface area contributed by atoms with E-state index in [0.29, 0.717) is 0 Å². The van der Waals surface area contributed by atoms with E-state index in [9.17, 15) is 13.9 Å². The summed E-state index contributed by atoms with van der Waals surface area (Å²) < 4.78 is 26.9. The van der Waals surface area contributed by atoms with Gasteiger partial charge in [-0.1, -0.05) is 6.42 Å². The fourth-order valence-electron chi connectivity index (χ4n) is 1.94. The van der Waals surface area contributed by atoms with Gasteiger partial charge in [-0.3, -0.25) is 0 Å². The number of aromatic hydroxyl groups is 1. The maximum absolute atomic E-state index is 13.6. The van der Waals surface area contributed by atoms with Crippen LogP contribution in [0.5, 0.6) is 5.75 Å². The van der Waals surface area contributed by atoms with Crippen LogP contribution in [0.1, 0.15) is 30.9 Å². The van der Waals surface area contributed by atoms with Gasteiger partial charge in [0.15, 0.2) is 11.6 Å². The Bertz CT molecular complexity index is 400. The maximum atomic E-state index is 13.6. The van der Waals surface area contributed by atoms with Crippen LogP contribution in [0.4, 0.5) is 8.78 Å². The maximum Gasteiger partial charge on any atom is 0.167 e. The lowest BCUT2D eigenvalue weighted by Gasteiger charge is -2.32. The first kappa shape index (κ1) is 14.7. The largest absolute Gasteiger partial charge is 0.506 e. The average molecular weight is 329 g/mol. The number of hydrogen-bond acceptors (Lipinski definition) is 2. The summed E-state index contributed by atoms with van der Waals surface area (Å²) in [5.41, 5.74) is 5.74. The Hall–Kier alpha value is -0.390. The quantitative estimate of drug-likeness (QED) is 0.814. The van der Waals surface area contributed by atoms with Crippen LogP contribution in [-0.2, 0) is 0 Å². The third kappa shape index (κ3) is 2.56. The number of phenolic OH excluding ortho intramolecular Hbond substituents is 1. The molecule has 1 fully saturated rings. The number of benzene rings is 1. The number of nitrogens with two attached hydrogens (primary N) is 1. The lowest BCUT2D eigenvalue weighted by molar-refractivity contribution is 0.254. The van der Waals surface area contributed by atoms with E-state index in [4.69, 9.17) is 5.73 Å². The number of phenols is 1. The summed E-state index contributed by atoms with van der Waals surface area (Å²) in [6, 6.07) is 0.266. The van der Waals surface area contributed by atoms with Crippen LogP contribution in [0.2, 0.25) is 0 Å². The van der Waals surface area contributed by atoms with Gasteiger partial charge in [-0.15, -0.1) is 12.4 Å². The van der Waals surface area contributed by atoms with E-state index < -0.39 is 17.7 Å². The highest BCUT2D eigenvalue weighted by Crippen LogP contribution is 2.42. The van der Waals surface area contributed by atoms with E-state index in [1.165, 1.54) is 0 Å². The Morgan fingerprint density at radius 1 is 1.41 bits per heavy atom. The Kier molecular flexibility index (Phi) is 4.75. The zero-order valence-corrected chi connectivity index (χ0v) is 11.3. The molecule has 0 saturated heterocycles. The van der Waals surface area contributed by atoms with Crippen LogP contribution in [0, 0.1) is 17.6 Å². The second-order valence-electron chi connectivity index (χ2n) is 4.13. The minimum Gasteiger partial charge on any atom is -0.506 e. The topological polar surface area (TPSA) is 46.2 Å². The highest BCUT2D eigenvalue weighted by atomic mass is 79.9. The smallest absolute Gasteiger partial charge is 0.167 e. The fourth-order valence-corrected chi connectivity index (χ4v) is 2.36. The van der Waals surface area contributed by atoms with Crippen LogP contribution >= 0.6 is 28.3 Å². The Labute approximate surface area is 113 Å². The van der Waals surface area contributed by atoms with Crippen LogP contribution in [0.3, 0.4) is 0 Å². The number of rotatable bonds is 2. The molecular formula is C11H13BrClF2NO. The van der Waals surface area contributed by atoms with Gasteiger partial charge in [0.2, 0.25) is 0 Å². The molecule has 0 unspecified atom stereocenters. The van der Waals surface area contributed by atoms with Gasteiger partial charge in [0.1, 0.15) is 5.75 Å². The molecule has 1 atom stereocenters. The molecule has 0 amide bonds. The third-order valence-corrected chi connectivity index (χ3v) is 3.78. The highest BCUT2D eigenvalue weighted by Gasteiger charge is 2.31. The van der Waals surface area contributed by atoms with Gasteiger partial charge in [0.25, 0.3) is 0 Å². The molecule has 0 spiro atoms. The Balaban J connectivity index is 0.00000144. The van der Waals surface area contributed by atoms with Crippen molar-refractivity contribution < 1.29 is 13.9 Å². The molecule has 0 aromatic heterocycles. The van der Waals surface area contributed by atoms with Crippen molar-refractivity contribution >= 4 is 28.3 Å². The van der Waals surface area contributed by atoms with E-state index in [1.807, 2.05) is 0 Å². The van der Waals surface area contributed by atoms with Crippen molar-refractivity contribution in [3.8, 4) is 5.75 Å². The first-order valence-corrected chi connectivity index (χ1v) is 5.93. The molecule has 3 N–H and O–H groups in total. The van der Waals surface area contributed by atoms with E-state index in [0.717, 1.165) is 25.3 Å². The standard InChI is InChI=1S/C11H12BrF2NO.ClH/c12-6-4-7(13)9(14)8(11(6)16)10(15)5-2-1-3-5;/h4-5,10,16H,1-3,15H2;1H/t10-;/m0./s1. The average Bonchev–Trinajstić information content (AvgIpc) is 2.12. The molecule has 0 heterocycles. The minimum atomic E-state index is -1.04. The van der Waals surface area contributed by atoms with Crippen molar-refractivity contribution in [2.24, 2.45) is 11.7 Å². The normalized spacial score (nSPS) is 17.2. The van der Waals surface area contributed by atoms with Crippen molar-refractivity contribution in [3.05, 3.63) is 27.7 Å². The lowest BCUT2D eigenvalue weighted by atomic mass is 9.77. The first-order valence-electron chi connectivity index (χ1n) is 5.14. The molecule has 6 heteroatoms. The third-order valence-electron chi connectivity index (χ3n) is 3.17. The summed E-state index contributed by atoms with van der Waals surface area (Å²) in [7, 11) is 0. The summed E-state index contributed by atoms with van der Waals surface area (Å²) >= 11 is 2.98. The molecule has 1 aromatic carbocycles. The van der Waals surface area contributed by atoms with E-state index in [1.54, 1.807) is 0 Å². The molecule has 2 nitrogen and oxygen atoms in total. The van der Waals surface area contributed by atoms with Gasteiger partial charge in [0, 0.05) is 6.04 Å². The van der Waals surface area contributed by atoms with E-state index in [2.05, 4.69) is 15.9 Å². The monoisotopic (exact) mass is 327 g/mol. The number of hydrogen-bond donors (Lipinski definition) is 2. The van der Waals surface area contributed by atoms with Crippen LogP contribution < -0.4 is 5.73 Å². The molecule has 1 aliphatic carbocycles. The summed E-state index contributed by atoms with van der Waals surface area (Å²) in [4.78, 5) is 0. The van der Waals surface area contributed by atoms with Crippen LogP contribution in [0.25, 0.3) is 0 Å². The Morgan fingerprint density at radius 3 is 2.47 bits per heavy atom. The molecule has 0 radical (unpaired) electrons. The van der Waals surface area contributed by atoms with Gasteiger partial charge in [-0.25, -0.2) is 8.78 Å². The van der Waals surface area contributed by atoms with Crippen molar-refractivity contribution in [2.75, 3.05) is 0 Å². The number of halogens is 4. The molecule has 0 bridgehead atoms. The minimum absolute atomic E-state index is 0. The van der Waals surface area contributed by atoms with Gasteiger partial charge in [-0.05, 0) is 40.8 Å². The summed E-state index contributed by atoms with van der Waals surface area (Å²) in [5.74, 6) is -2.19. The van der Waals surface area contributed by atoms with Crippen molar-refractivity contribution in [2.45, 2.75) is 25.3 Å². The molecule has 96 valence electrons. The van der Waals surface area contributed by atoms with Crippen LogP contribution in [0.15, 0.2) is 10.5 Å². The molecule has 2 rings (SSSR count). The first-order chi connectivity index (χ1) is 7.52. The van der Waals surface area contributed by atoms with Gasteiger partial charge in [0.05, 0.1) is 10.0 Å². The van der Waals surface area contributed by atoms with E-state index in [-0.39, 0.29) is 34.1 Å². The molecular weight excluding hydrogens is 315 g/mol. The van der Waals surface area contributed by atoms with Crippen molar-refractivity contribution in [1.82, 2.24) is 0 Å². The Morgan fingerprint density at radius 2 is 2.00 bits per heavy atom. The van der Waals surface area contributed by atoms with Crippen LogP contribution in [-0.4, -0.2) is 5.11 Å².